The second kappa shape index (κ2) is 8.75. The van der Waals surface area contributed by atoms with Gasteiger partial charge in [-0.25, -0.2) is 4.39 Å². The Labute approximate surface area is 151 Å². The van der Waals surface area contributed by atoms with E-state index in [2.05, 4.69) is 10.6 Å². The second-order valence-electron chi connectivity index (χ2n) is 5.77. The Balaban J connectivity index is 1.98. The average molecular weight is 357 g/mol. The summed E-state index contributed by atoms with van der Waals surface area (Å²) in [5.41, 5.74) is 1.48. The van der Waals surface area contributed by atoms with Crippen LogP contribution in [0.2, 0.25) is 0 Å². The minimum absolute atomic E-state index is 0.0108. The van der Waals surface area contributed by atoms with Crippen LogP contribution < -0.4 is 10.6 Å². The van der Waals surface area contributed by atoms with Gasteiger partial charge in [-0.15, -0.1) is 0 Å². The molecule has 26 heavy (non-hydrogen) atoms. The van der Waals surface area contributed by atoms with Crippen molar-refractivity contribution in [3.63, 3.8) is 0 Å². The molecule has 136 valence electrons. The van der Waals surface area contributed by atoms with Crippen molar-refractivity contribution in [1.82, 2.24) is 4.90 Å². The first-order valence-corrected chi connectivity index (χ1v) is 8.01. The third-order valence-electron chi connectivity index (χ3n) is 3.59. The zero-order valence-corrected chi connectivity index (χ0v) is 14.6. The smallest absolute Gasteiger partial charge is 0.244 e. The lowest BCUT2D eigenvalue weighted by Gasteiger charge is -2.21. The minimum Gasteiger partial charge on any atom is -0.329 e. The van der Waals surface area contributed by atoms with Crippen molar-refractivity contribution >= 4 is 29.1 Å². The molecule has 7 heteroatoms. The first kappa shape index (κ1) is 19.1. The van der Waals surface area contributed by atoms with Crippen molar-refractivity contribution in [1.29, 1.82) is 0 Å². The molecule has 0 unspecified atom stereocenters. The summed E-state index contributed by atoms with van der Waals surface area (Å²) in [6.07, 6.45) is 0. The molecule has 3 amide bonds. The summed E-state index contributed by atoms with van der Waals surface area (Å²) in [5.74, 6) is -1.34. The maximum absolute atomic E-state index is 13.8. The molecule has 0 aliphatic carbocycles. The molecule has 2 rings (SSSR count). The van der Waals surface area contributed by atoms with Gasteiger partial charge in [0.25, 0.3) is 0 Å². The van der Waals surface area contributed by atoms with Gasteiger partial charge in [-0.05, 0) is 30.3 Å². The molecule has 6 nitrogen and oxygen atoms in total. The van der Waals surface area contributed by atoms with Gasteiger partial charge < -0.3 is 15.5 Å². The number of carbonyl (C=O) groups is 3. The maximum Gasteiger partial charge on any atom is 0.244 e. The van der Waals surface area contributed by atoms with Crippen molar-refractivity contribution < 1.29 is 18.8 Å². The first-order chi connectivity index (χ1) is 12.3. The van der Waals surface area contributed by atoms with Gasteiger partial charge in [0.1, 0.15) is 12.4 Å². The number of hydrogen-bond donors (Lipinski definition) is 2. The SMILES string of the molecule is CC(=O)Nc1ccc(NC(=O)CN(Cc2ccccc2F)C(C)=O)cc1. The van der Waals surface area contributed by atoms with E-state index in [1.165, 1.54) is 24.8 Å². The van der Waals surface area contributed by atoms with Crippen LogP contribution in [0.15, 0.2) is 48.5 Å². The topological polar surface area (TPSA) is 78.5 Å². The van der Waals surface area contributed by atoms with Crippen molar-refractivity contribution in [2.75, 3.05) is 17.2 Å². The Morgan fingerprint density at radius 2 is 1.50 bits per heavy atom. The van der Waals surface area contributed by atoms with Crippen molar-refractivity contribution in [2.45, 2.75) is 20.4 Å². The molecule has 0 heterocycles. The number of carbonyl (C=O) groups excluding carboxylic acids is 3. The van der Waals surface area contributed by atoms with Crippen LogP contribution >= 0.6 is 0 Å². The molecule has 0 aromatic heterocycles. The molecular weight excluding hydrogens is 337 g/mol. The van der Waals surface area contributed by atoms with Crippen molar-refractivity contribution in [2.24, 2.45) is 0 Å². The van der Waals surface area contributed by atoms with E-state index < -0.39 is 11.7 Å². The normalized spacial score (nSPS) is 10.1. The summed E-state index contributed by atoms with van der Waals surface area (Å²) in [6.45, 7) is 2.55. The highest BCUT2D eigenvalue weighted by molar-refractivity contribution is 5.95. The highest BCUT2D eigenvalue weighted by Crippen LogP contribution is 2.14. The van der Waals surface area contributed by atoms with E-state index in [1.54, 1.807) is 42.5 Å². The Kier molecular flexibility index (Phi) is 6.43. The molecule has 0 spiro atoms. The second-order valence-corrected chi connectivity index (χ2v) is 5.77. The molecular formula is C19H20FN3O3. The molecule has 0 bridgehead atoms. The fraction of sp³-hybridized carbons (Fsp3) is 0.211. The molecule has 0 atom stereocenters. The number of nitrogens with zero attached hydrogens (tertiary/aromatic N) is 1. The lowest BCUT2D eigenvalue weighted by atomic mass is 10.2. The lowest BCUT2D eigenvalue weighted by molar-refractivity contribution is -0.133. The highest BCUT2D eigenvalue weighted by atomic mass is 19.1. The lowest BCUT2D eigenvalue weighted by Crippen LogP contribution is -2.36. The summed E-state index contributed by atoms with van der Waals surface area (Å²) in [6, 6.07) is 12.7. The van der Waals surface area contributed by atoms with Crippen LogP contribution in [-0.4, -0.2) is 29.2 Å². The number of halogens is 1. The Morgan fingerprint density at radius 1 is 0.923 bits per heavy atom. The van der Waals surface area contributed by atoms with Gasteiger partial charge in [0, 0.05) is 37.3 Å². The van der Waals surface area contributed by atoms with Crippen LogP contribution in [0.25, 0.3) is 0 Å². The van der Waals surface area contributed by atoms with E-state index >= 15 is 0 Å². The van der Waals surface area contributed by atoms with Crippen LogP contribution in [0.4, 0.5) is 15.8 Å². The van der Waals surface area contributed by atoms with Crippen LogP contribution in [-0.2, 0) is 20.9 Å². The predicted molar refractivity (Wildman–Crippen MR) is 96.9 cm³/mol. The number of amides is 3. The van der Waals surface area contributed by atoms with Crippen molar-refractivity contribution in [3.8, 4) is 0 Å². The number of nitrogens with one attached hydrogen (secondary N) is 2. The number of benzene rings is 2. The quantitative estimate of drug-likeness (QED) is 0.834. The summed E-state index contributed by atoms with van der Waals surface area (Å²) >= 11 is 0. The monoisotopic (exact) mass is 357 g/mol. The van der Waals surface area contributed by atoms with Gasteiger partial charge in [-0.1, -0.05) is 18.2 Å². The van der Waals surface area contributed by atoms with Crippen LogP contribution in [0.3, 0.4) is 0 Å². The Morgan fingerprint density at radius 3 is 2.04 bits per heavy atom. The summed E-state index contributed by atoms with van der Waals surface area (Å²) in [5, 5.41) is 5.29. The summed E-state index contributed by atoms with van der Waals surface area (Å²) in [4.78, 5) is 36.2. The van der Waals surface area contributed by atoms with Crippen LogP contribution in [0, 0.1) is 5.82 Å². The third kappa shape index (κ3) is 5.70. The molecule has 2 aromatic rings. The molecule has 2 N–H and O–H groups in total. The number of anilines is 2. The van der Waals surface area contributed by atoms with Crippen molar-refractivity contribution in [3.05, 3.63) is 59.9 Å². The standard InChI is InChI=1S/C19H20FN3O3/c1-13(24)21-16-7-9-17(10-8-16)22-19(26)12-23(14(2)25)11-15-5-3-4-6-18(15)20/h3-10H,11-12H2,1-2H3,(H,21,24)(H,22,26). The van der Waals surface area contributed by atoms with E-state index in [-0.39, 0.29) is 24.9 Å². The molecule has 0 aliphatic rings. The van der Waals surface area contributed by atoms with Gasteiger partial charge in [-0.2, -0.15) is 0 Å². The fourth-order valence-electron chi connectivity index (χ4n) is 2.32. The van der Waals surface area contributed by atoms with Gasteiger partial charge in [0.2, 0.25) is 17.7 Å². The minimum atomic E-state index is -0.423. The summed E-state index contributed by atoms with van der Waals surface area (Å²) < 4.78 is 13.8. The Hall–Kier alpha value is -3.22. The van der Waals surface area contributed by atoms with Gasteiger partial charge in [-0.3, -0.25) is 14.4 Å². The molecule has 0 saturated heterocycles. The van der Waals surface area contributed by atoms with Gasteiger partial charge >= 0.3 is 0 Å². The average Bonchev–Trinajstić information content (AvgIpc) is 2.57. The van der Waals surface area contributed by atoms with Gasteiger partial charge in [0.15, 0.2) is 0 Å². The highest BCUT2D eigenvalue weighted by Gasteiger charge is 2.16. The Bertz CT molecular complexity index is 806. The van der Waals surface area contributed by atoms with E-state index in [9.17, 15) is 18.8 Å². The maximum atomic E-state index is 13.8. The molecule has 0 radical (unpaired) electrons. The summed E-state index contributed by atoms with van der Waals surface area (Å²) in [7, 11) is 0. The number of hydrogen-bond acceptors (Lipinski definition) is 3. The number of rotatable bonds is 6. The zero-order valence-electron chi connectivity index (χ0n) is 14.6. The van der Waals surface area contributed by atoms with Gasteiger partial charge in [0.05, 0.1) is 0 Å². The molecule has 0 fully saturated rings. The van der Waals surface area contributed by atoms with E-state index in [0.717, 1.165) is 0 Å². The van der Waals surface area contributed by atoms with E-state index in [1.807, 2.05) is 0 Å². The molecule has 0 saturated carbocycles. The van der Waals surface area contributed by atoms with Crippen LogP contribution in [0.1, 0.15) is 19.4 Å². The largest absolute Gasteiger partial charge is 0.329 e. The van der Waals surface area contributed by atoms with E-state index in [0.29, 0.717) is 16.9 Å². The first-order valence-electron chi connectivity index (χ1n) is 8.01. The molecule has 0 aliphatic heterocycles. The fourth-order valence-corrected chi connectivity index (χ4v) is 2.32. The molecule has 2 aromatic carbocycles. The van der Waals surface area contributed by atoms with E-state index in [4.69, 9.17) is 0 Å². The van der Waals surface area contributed by atoms with Crippen LogP contribution in [0.5, 0.6) is 0 Å². The zero-order chi connectivity index (χ0) is 19.1. The third-order valence-corrected chi connectivity index (χ3v) is 3.59. The predicted octanol–water partition coefficient (Wildman–Crippen LogP) is 2.77.